The van der Waals surface area contributed by atoms with Gasteiger partial charge in [-0.2, -0.15) is 10.2 Å². The molecule has 8 rings (SSSR count). The van der Waals surface area contributed by atoms with Crippen LogP contribution in [0.4, 0.5) is 0 Å². The van der Waals surface area contributed by atoms with Gasteiger partial charge >= 0.3 is 0 Å². The number of carbonyl (C=O) groups is 2. The fraction of sp³-hybridized carbons (Fsp3) is 0.0870. The second kappa shape index (κ2) is 21.9. The Balaban J connectivity index is 0.000000182. The summed E-state index contributed by atoms with van der Waals surface area (Å²) in [6, 6.07) is 32.3. The van der Waals surface area contributed by atoms with E-state index in [0.717, 1.165) is 33.5 Å². The summed E-state index contributed by atoms with van der Waals surface area (Å²) in [5.41, 5.74) is 13.5. The lowest BCUT2D eigenvalue weighted by atomic mass is 10.1. The van der Waals surface area contributed by atoms with Gasteiger partial charge in [-0.15, -0.1) is 0 Å². The van der Waals surface area contributed by atoms with Crippen LogP contribution in [0.2, 0.25) is 30.1 Å². The summed E-state index contributed by atoms with van der Waals surface area (Å²) in [6.07, 6.45) is 6.89. The SMILES string of the molecule is Cc1c(C(=O)Cl)nn(-c2ccc(Cl)cc2Cl)c1-c1ccc(Cl)cc1.Cc1c(C(=O)NCc2cccnc2)nn(-c2ccc(Cl)cc2Cl)c1-c1ccc(Cl)cc1.NCc1cccnc1. The molecule has 4 aromatic heterocycles. The molecule has 0 atom stereocenters. The van der Waals surface area contributed by atoms with Crippen molar-refractivity contribution >= 4 is 92.4 Å². The van der Waals surface area contributed by atoms with Crippen LogP contribution in [0.25, 0.3) is 33.9 Å². The van der Waals surface area contributed by atoms with Crippen LogP contribution in [0.1, 0.15) is 43.2 Å². The van der Waals surface area contributed by atoms with E-state index in [1.807, 2.05) is 55.5 Å². The quantitative estimate of drug-likeness (QED) is 0.138. The van der Waals surface area contributed by atoms with E-state index in [1.165, 1.54) is 0 Å². The predicted molar refractivity (Wildman–Crippen MR) is 255 cm³/mol. The lowest BCUT2D eigenvalue weighted by Gasteiger charge is -2.11. The summed E-state index contributed by atoms with van der Waals surface area (Å²) in [6.45, 7) is 4.56. The van der Waals surface area contributed by atoms with Crippen molar-refractivity contribution in [2.24, 2.45) is 5.73 Å². The van der Waals surface area contributed by atoms with Crippen molar-refractivity contribution in [1.82, 2.24) is 34.8 Å². The Hall–Kier alpha value is -5.27. The molecule has 0 unspecified atom stereocenters. The van der Waals surface area contributed by atoms with Crippen LogP contribution in [-0.2, 0) is 13.1 Å². The Bertz CT molecular complexity index is 2850. The first-order valence-corrected chi connectivity index (χ1v) is 21.5. The highest BCUT2D eigenvalue weighted by atomic mass is 35.5. The monoisotopic (exact) mass is 976 g/mol. The summed E-state index contributed by atoms with van der Waals surface area (Å²) < 4.78 is 3.25. The van der Waals surface area contributed by atoms with Crippen molar-refractivity contribution in [3.05, 3.63) is 198 Å². The van der Waals surface area contributed by atoms with Crippen LogP contribution in [-0.4, -0.2) is 40.7 Å². The first-order valence-electron chi connectivity index (χ1n) is 18.8. The number of rotatable bonds is 9. The molecule has 0 saturated carbocycles. The second-order valence-corrected chi connectivity index (χ2v) is 16.5. The van der Waals surface area contributed by atoms with Gasteiger partial charge in [-0.05, 0) is 109 Å². The molecule has 0 bridgehead atoms. The van der Waals surface area contributed by atoms with Crippen LogP contribution in [0.5, 0.6) is 0 Å². The van der Waals surface area contributed by atoms with Gasteiger partial charge < -0.3 is 11.1 Å². The molecule has 0 aliphatic carbocycles. The third-order valence-electron chi connectivity index (χ3n) is 9.29. The number of nitrogens with two attached hydrogens (primary N) is 1. The van der Waals surface area contributed by atoms with E-state index in [1.54, 1.807) is 102 Å². The normalized spacial score (nSPS) is 10.6. The van der Waals surface area contributed by atoms with Gasteiger partial charge in [0, 0.05) is 80.2 Å². The van der Waals surface area contributed by atoms with E-state index in [9.17, 15) is 9.59 Å². The Morgan fingerprint density at radius 3 is 1.41 bits per heavy atom. The van der Waals surface area contributed by atoms with Gasteiger partial charge in [0.15, 0.2) is 5.69 Å². The Labute approximate surface area is 398 Å². The maximum atomic E-state index is 13.0. The molecular formula is C46H35Cl7N8O2. The highest BCUT2D eigenvalue weighted by Gasteiger charge is 2.24. The van der Waals surface area contributed by atoms with Gasteiger partial charge in [-0.25, -0.2) is 9.36 Å². The van der Waals surface area contributed by atoms with E-state index in [2.05, 4.69) is 25.5 Å². The number of amides is 1. The van der Waals surface area contributed by atoms with Crippen LogP contribution in [0.3, 0.4) is 0 Å². The lowest BCUT2D eigenvalue weighted by molar-refractivity contribution is 0.0944. The number of nitrogens with zero attached hydrogens (tertiary/aromatic N) is 6. The number of hydrogen-bond acceptors (Lipinski definition) is 7. The minimum atomic E-state index is -0.633. The average molecular weight is 980 g/mol. The highest BCUT2D eigenvalue weighted by Crippen LogP contribution is 2.35. The topological polar surface area (TPSA) is 134 Å². The molecule has 320 valence electrons. The largest absolute Gasteiger partial charge is 0.346 e. The van der Waals surface area contributed by atoms with Crippen LogP contribution >= 0.6 is 81.2 Å². The van der Waals surface area contributed by atoms with Crippen molar-refractivity contribution in [1.29, 1.82) is 0 Å². The Kier molecular flexibility index (Phi) is 16.4. The predicted octanol–water partition coefficient (Wildman–Crippen LogP) is 12.9. The molecule has 0 saturated heterocycles. The number of hydrogen-bond donors (Lipinski definition) is 2. The van der Waals surface area contributed by atoms with Gasteiger partial charge in [0.2, 0.25) is 0 Å². The minimum absolute atomic E-state index is 0.174. The third kappa shape index (κ3) is 11.9. The van der Waals surface area contributed by atoms with Crippen molar-refractivity contribution < 1.29 is 9.59 Å². The van der Waals surface area contributed by atoms with Crippen LogP contribution in [0, 0.1) is 13.8 Å². The average Bonchev–Trinajstić information content (AvgIpc) is 3.80. The van der Waals surface area contributed by atoms with Crippen LogP contribution in [0.15, 0.2) is 134 Å². The standard InChI is InChI=1S/C23H17Cl3N4O.C17H10Cl4N2O.C6H8N2/c1-14-21(23(31)28-13-15-3-2-10-27-12-15)29-30(20-9-8-18(25)11-19(20)26)22(14)16-4-6-17(24)7-5-16;1-9-15(17(21)24)22-23(14-7-6-12(19)8-13(14)20)16(9)10-2-4-11(18)5-3-10;7-4-6-2-1-3-8-5-6/h2-12H,13H2,1H3,(H,28,31);2-8H,1H3;1-3,5H,4,7H2. The molecule has 0 fully saturated rings. The molecule has 4 aromatic carbocycles. The first-order chi connectivity index (χ1) is 30.2. The van der Waals surface area contributed by atoms with E-state index in [4.69, 9.17) is 86.9 Å². The smallest absolute Gasteiger partial charge is 0.273 e. The number of halogens is 7. The van der Waals surface area contributed by atoms with E-state index in [-0.39, 0.29) is 11.6 Å². The Morgan fingerprint density at radius 1 is 0.587 bits per heavy atom. The van der Waals surface area contributed by atoms with Crippen molar-refractivity contribution in [2.45, 2.75) is 26.9 Å². The van der Waals surface area contributed by atoms with E-state index < -0.39 is 5.24 Å². The second-order valence-electron chi connectivity index (χ2n) is 13.6. The maximum absolute atomic E-state index is 13.0. The molecule has 0 aliphatic heterocycles. The van der Waals surface area contributed by atoms with Gasteiger partial charge in [-0.3, -0.25) is 19.6 Å². The summed E-state index contributed by atoms with van der Waals surface area (Å²) in [7, 11) is 0. The lowest BCUT2D eigenvalue weighted by Crippen LogP contribution is -2.24. The molecule has 0 aliphatic rings. The molecule has 10 nitrogen and oxygen atoms in total. The van der Waals surface area contributed by atoms with Crippen LogP contribution < -0.4 is 11.1 Å². The van der Waals surface area contributed by atoms with Crippen molar-refractivity contribution in [2.75, 3.05) is 0 Å². The summed E-state index contributed by atoms with van der Waals surface area (Å²) >= 11 is 42.5. The summed E-state index contributed by atoms with van der Waals surface area (Å²) in [4.78, 5) is 32.6. The van der Waals surface area contributed by atoms with E-state index >= 15 is 0 Å². The molecule has 8 aromatic rings. The maximum Gasteiger partial charge on any atom is 0.273 e. The molecule has 0 spiro atoms. The molecule has 0 radical (unpaired) electrons. The summed E-state index contributed by atoms with van der Waals surface area (Å²) in [5, 5.41) is 14.3. The fourth-order valence-electron chi connectivity index (χ4n) is 6.23. The molecule has 17 heteroatoms. The number of pyridine rings is 2. The zero-order chi connectivity index (χ0) is 45.2. The van der Waals surface area contributed by atoms with Gasteiger partial charge in [0.05, 0.1) is 32.8 Å². The molecule has 63 heavy (non-hydrogen) atoms. The number of nitrogens with one attached hydrogen (secondary N) is 1. The third-order valence-corrected chi connectivity index (χ3v) is 11.0. The zero-order valence-electron chi connectivity index (χ0n) is 33.3. The number of benzene rings is 4. The molecule has 1 amide bonds. The number of carbonyl (C=O) groups excluding carboxylic acids is 2. The van der Waals surface area contributed by atoms with Crippen molar-refractivity contribution in [3.63, 3.8) is 0 Å². The van der Waals surface area contributed by atoms with Gasteiger partial charge in [0.25, 0.3) is 11.1 Å². The van der Waals surface area contributed by atoms with Crippen molar-refractivity contribution in [3.8, 4) is 33.9 Å². The minimum Gasteiger partial charge on any atom is -0.346 e. The summed E-state index contributed by atoms with van der Waals surface area (Å²) in [5.74, 6) is -0.291. The molecular weight excluding hydrogens is 945 g/mol. The fourth-order valence-corrected chi connectivity index (χ4v) is 7.64. The van der Waals surface area contributed by atoms with Gasteiger partial charge in [0.1, 0.15) is 5.69 Å². The molecule has 3 N–H and O–H groups in total. The number of aromatic nitrogens is 6. The first kappa shape index (κ1) is 47.2. The zero-order valence-corrected chi connectivity index (χ0v) is 38.6. The van der Waals surface area contributed by atoms with E-state index in [0.29, 0.717) is 71.6 Å². The molecule has 4 heterocycles. The Morgan fingerprint density at radius 2 is 1.02 bits per heavy atom. The highest BCUT2D eigenvalue weighted by molar-refractivity contribution is 6.67. The van der Waals surface area contributed by atoms with Gasteiger partial charge in [-0.1, -0.05) is 106 Å².